The summed E-state index contributed by atoms with van der Waals surface area (Å²) in [7, 11) is 0. The highest BCUT2D eigenvalue weighted by Crippen LogP contribution is 2.31. The van der Waals surface area contributed by atoms with Gasteiger partial charge in [-0.05, 0) is 42.6 Å². The molecule has 2 unspecified atom stereocenters. The minimum atomic E-state index is 0.103. The zero-order valence-electron chi connectivity index (χ0n) is 12.5. The van der Waals surface area contributed by atoms with Crippen LogP contribution in [-0.4, -0.2) is 19.2 Å². The molecular formula is C18H23NO2. The maximum absolute atomic E-state index is 6.11. The number of ether oxygens (including phenoxy) is 1. The number of fused-ring (bicyclic) bond motifs is 1. The van der Waals surface area contributed by atoms with Crippen molar-refractivity contribution in [1.29, 1.82) is 0 Å². The Bertz CT molecular complexity index is 550. The molecule has 0 aliphatic carbocycles. The van der Waals surface area contributed by atoms with Crippen molar-refractivity contribution in [1.82, 2.24) is 5.32 Å². The van der Waals surface area contributed by atoms with Crippen LogP contribution >= 0.6 is 0 Å². The van der Waals surface area contributed by atoms with E-state index in [-0.39, 0.29) is 12.1 Å². The average Bonchev–Trinajstić information content (AvgIpc) is 3.04. The van der Waals surface area contributed by atoms with E-state index >= 15 is 0 Å². The summed E-state index contributed by atoms with van der Waals surface area (Å²) in [5.41, 5.74) is 2.74. The third kappa shape index (κ3) is 3.36. The van der Waals surface area contributed by atoms with Crippen LogP contribution in [0.5, 0.6) is 0 Å². The third-order valence-corrected chi connectivity index (χ3v) is 4.05. The van der Waals surface area contributed by atoms with Crippen molar-refractivity contribution >= 4 is 0 Å². The lowest BCUT2D eigenvalue weighted by atomic mass is 9.91. The minimum Gasteiger partial charge on any atom is -0.469 e. The molecule has 2 heterocycles. The van der Waals surface area contributed by atoms with Crippen LogP contribution in [0.4, 0.5) is 0 Å². The van der Waals surface area contributed by atoms with Crippen molar-refractivity contribution in [3.05, 3.63) is 59.5 Å². The van der Waals surface area contributed by atoms with Gasteiger partial charge in [-0.1, -0.05) is 31.2 Å². The maximum atomic E-state index is 6.11. The van der Waals surface area contributed by atoms with Gasteiger partial charge in [-0.15, -0.1) is 0 Å². The van der Waals surface area contributed by atoms with Gasteiger partial charge < -0.3 is 14.5 Å². The minimum absolute atomic E-state index is 0.103. The highest BCUT2D eigenvalue weighted by atomic mass is 16.5. The Morgan fingerprint density at radius 2 is 2.14 bits per heavy atom. The fraction of sp³-hybridized carbons (Fsp3) is 0.444. The van der Waals surface area contributed by atoms with E-state index < -0.39 is 0 Å². The number of hydrogen-bond acceptors (Lipinski definition) is 3. The van der Waals surface area contributed by atoms with Gasteiger partial charge in [0, 0.05) is 12.5 Å². The van der Waals surface area contributed by atoms with Crippen molar-refractivity contribution in [2.45, 2.75) is 38.3 Å². The van der Waals surface area contributed by atoms with E-state index in [1.165, 1.54) is 11.1 Å². The molecule has 0 saturated heterocycles. The second-order valence-electron chi connectivity index (χ2n) is 5.58. The Morgan fingerprint density at radius 1 is 1.24 bits per heavy atom. The predicted molar refractivity (Wildman–Crippen MR) is 83.3 cm³/mol. The molecule has 1 aromatic heterocycles. The SMILES string of the molecule is CCCNC(Cc1ccco1)C1OCCc2ccccc21. The van der Waals surface area contributed by atoms with E-state index in [9.17, 15) is 0 Å². The standard InChI is InChI=1S/C18H23NO2/c1-2-10-19-17(13-15-7-5-11-20-15)18-16-8-4-3-6-14(16)9-12-21-18/h3-8,11,17-19H,2,9-10,12-13H2,1H3. The fourth-order valence-corrected chi connectivity index (χ4v) is 3.02. The van der Waals surface area contributed by atoms with E-state index in [4.69, 9.17) is 9.15 Å². The molecule has 3 heteroatoms. The first-order valence-electron chi connectivity index (χ1n) is 7.83. The van der Waals surface area contributed by atoms with Crippen LogP contribution < -0.4 is 5.32 Å². The molecule has 3 rings (SSSR count). The molecule has 0 fully saturated rings. The Kier molecular flexibility index (Phi) is 4.73. The molecule has 1 aliphatic heterocycles. The quantitative estimate of drug-likeness (QED) is 0.882. The molecule has 1 N–H and O–H groups in total. The highest BCUT2D eigenvalue weighted by Gasteiger charge is 2.29. The zero-order valence-corrected chi connectivity index (χ0v) is 12.5. The van der Waals surface area contributed by atoms with E-state index in [0.29, 0.717) is 0 Å². The van der Waals surface area contributed by atoms with Crippen molar-refractivity contribution in [3.63, 3.8) is 0 Å². The smallest absolute Gasteiger partial charge is 0.105 e. The Labute approximate surface area is 126 Å². The molecule has 0 spiro atoms. The van der Waals surface area contributed by atoms with Crippen molar-refractivity contribution in [2.75, 3.05) is 13.2 Å². The van der Waals surface area contributed by atoms with Gasteiger partial charge in [0.05, 0.1) is 19.0 Å². The van der Waals surface area contributed by atoms with E-state index in [1.807, 2.05) is 12.1 Å². The maximum Gasteiger partial charge on any atom is 0.105 e. The van der Waals surface area contributed by atoms with Gasteiger partial charge in [-0.3, -0.25) is 0 Å². The van der Waals surface area contributed by atoms with E-state index in [2.05, 4.69) is 36.5 Å². The topological polar surface area (TPSA) is 34.4 Å². The van der Waals surface area contributed by atoms with Gasteiger partial charge in [0.1, 0.15) is 5.76 Å². The summed E-state index contributed by atoms with van der Waals surface area (Å²) < 4.78 is 11.6. The zero-order chi connectivity index (χ0) is 14.5. The summed E-state index contributed by atoms with van der Waals surface area (Å²) in [5.74, 6) is 1.01. The molecule has 112 valence electrons. The molecular weight excluding hydrogens is 262 g/mol. The number of rotatable bonds is 6. The monoisotopic (exact) mass is 285 g/mol. The fourth-order valence-electron chi connectivity index (χ4n) is 3.02. The van der Waals surface area contributed by atoms with Crippen molar-refractivity contribution < 1.29 is 9.15 Å². The molecule has 0 saturated carbocycles. The summed E-state index contributed by atoms with van der Waals surface area (Å²) in [6, 6.07) is 12.9. The lowest BCUT2D eigenvalue weighted by Crippen LogP contribution is -2.40. The van der Waals surface area contributed by atoms with Gasteiger partial charge in [0.25, 0.3) is 0 Å². The second kappa shape index (κ2) is 6.92. The molecule has 1 aliphatic rings. The third-order valence-electron chi connectivity index (χ3n) is 4.05. The molecule has 2 atom stereocenters. The Morgan fingerprint density at radius 3 is 2.95 bits per heavy atom. The van der Waals surface area contributed by atoms with Crippen LogP contribution in [0.25, 0.3) is 0 Å². The van der Waals surface area contributed by atoms with Crippen LogP contribution in [0, 0.1) is 0 Å². The van der Waals surface area contributed by atoms with Crippen LogP contribution in [0.2, 0.25) is 0 Å². The van der Waals surface area contributed by atoms with Crippen LogP contribution in [0.15, 0.2) is 47.1 Å². The summed E-state index contributed by atoms with van der Waals surface area (Å²) in [6.07, 6.45) is 4.82. The molecule has 0 bridgehead atoms. The second-order valence-corrected chi connectivity index (χ2v) is 5.58. The van der Waals surface area contributed by atoms with E-state index in [1.54, 1.807) is 6.26 Å². The van der Waals surface area contributed by atoms with Crippen molar-refractivity contribution in [3.8, 4) is 0 Å². The van der Waals surface area contributed by atoms with Gasteiger partial charge in [-0.2, -0.15) is 0 Å². The normalized spacial score (nSPS) is 19.2. The summed E-state index contributed by atoms with van der Waals surface area (Å²) in [4.78, 5) is 0. The van der Waals surface area contributed by atoms with E-state index in [0.717, 1.165) is 38.2 Å². The average molecular weight is 285 g/mol. The molecule has 0 radical (unpaired) electrons. The van der Waals surface area contributed by atoms with Crippen LogP contribution in [-0.2, 0) is 17.6 Å². The van der Waals surface area contributed by atoms with Crippen molar-refractivity contribution in [2.24, 2.45) is 0 Å². The number of nitrogens with one attached hydrogen (secondary N) is 1. The van der Waals surface area contributed by atoms with Gasteiger partial charge in [-0.25, -0.2) is 0 Å². The molecule has 21 heavy (non-hydrogen) atoms. The molecule has 0 amide bonds. The van der Waals surface area contributed by atoms with Gasteiger partial charge in [0.2, 0.25) is 0 Å². The Hall–Kier alpha value is -1.58. The number of benzene rings is 1. The van der Waals surface area contributed by atoms with Crippen LogP contribution in [0.1, 0.15) is 36.3 Å². The number of furan rings is 1. The summed E-state index contributed by atoms with van der Waals surface area (Å²) in [5, 5.41) is 3.63. The molecule has 3 nitrogen and oxygen atoms in total. The van der Waals surface area contributed by atoms with Gasteiger partial charge >= 0.3 is 0 Å². The predicted octanol–water partition coefficient (Wildman–Crippen LogP) is 3.50. The highest BCUT2D eigenvalue weighted by molar-refractivity contribution is 5.32. The Balaban J connectivity index is 1.82. The first-order valence-corrected chi connectivity index (χ1v) is 7.83. The summed E-state index contributed by atoms with van der Waals surface area (Å²) in [6.45, 7) is 3.98. The molecule has 1 aromatic carbocycles. The number of hydrogen-bond donors (Lipinski definition) is 1. The lowest BCUT2D eigenvalue weighted by molar-refractivity contribution is 0.0143. The first-order chi connectivity index (χ1) is 10.4. The lowest BCUT2D eigenvalue weighted by Gasteiger charge is -2.33. The molecule has 2 aromatic rings. The van der Waals surface area contributed by atoms with Gasteiger partial charge in [0.15, 0.2) is 0 Å². The largest absolute Gasteiger partial charge is 0.469 e. The summed E-state index contributed by atoms with van der Waals surface area (Å²) >= 11 is 0. The first kappa shape index (κ1) is 14.4. The van der Waals surface area contributed by atoms with Crippen LogP contribution in [0.3, 0.4) is 0 Å².